The van der Waals surface area contributed by atoms with E-state index in [1.807, 2.05) is 12.1 Å². The Labute approximate surface area is 337 Å². The molecule has 310 valence electrons. The van der Waals surface area contributed by atoms with Gasteiger partial charge in [0.25, 0.3) is 12.3 Å². The molecule has 8 rings (SSSR count). The van der Waals surface area contributed by atoms with Crippen LogP contribution in [0.25, 0.3) is 5.65 Å². The highest BCUT2D eigenvalue weighted by Gasteiger charge is 2.33. The Hall–Kier alpha value is -5.30. The van der Waals surface area contributed by atoms with Gasteiger partial charge >= 0.3 is 0 Å². The number of fused-ring (bicyclic) bond motifs is 1. The van der Waals surface area contributed by atoms with E-state index in [0.29, 0.717) is 64.0 Å². The summed E-state index contributed by atoms with van der Waals surface area (Å²) in [5.74, 6) is -0.633. The summed E-state index contributed by atoms with van der Waals surface area (Å²) in [5.41, 5.74) is 6.34. The van der Waals surface area contributed by atoms with Crippen LogP contribution in [0.3, 0.4) is 0 Å². The first-order valence-corrected chi connectivity index (χ1v) is 19.5. The highest BCUT2D eigenvalue weighted by molar-refractivity contribution is 6.08. The predicted octanol–water partition coefficient (Wildman–Crippen LogP) is 3.84. The molecule has 3 saturated heterocycles. The third-order valence-corrected chi connectivity index (χ3v) is 11.6. The van der Waals surface area contributed by atoms with Crippen molar-refractivity contribution in [2.45, 2.75) is 94.4 Å². The van der Waals surface area contributed by atoms with Crippen molar-refractivity contribution in [3.8, 4) is 0 Å². The Kier molecular flexibility index (Phi) is 12.2. The highest BCUT2D eigenvalue weighted by Crippen LogP contribution is 2.36. The molecule has 4 aliphatic rings. The number of hydrogen-bond donors (Lipinski definition) is 4. The maximum absolute atomic E-state index is 14.2. The zero-order valence-electron chi connectivity index (χ0n) is 31.6. The van der Waals surface area contributed by atoms with E-state index in [0.717, 1.165) is 24.2 Å². The first kappa shape index (κ1) is 40.9. The third-order valence-electron chi connectivity index (χ3n) is 11.6. The van der Waals surface area contributed by atoms with Crippen LogP contribution in [0.2, 0.25) is 0 Å². The average molecular weight is 827 g/mol. The molecular weight excluding hydrogens is 781 g/mol. The topological polar surface area (TPSA) is 198 Å². The zero-order chi connectivity index (χ0) is 39.8. The van der Waals surface area contributed by atoms with Crippen LogP contribution in [-0.2, 0) is 14.4 Å². The Morgan fingerprint density at radius 3 is 2.41 bits per heavy atom. The number of halogens is 4. The lowest BCUT2D eigenvalue weighted by molar-refractivity contribution is -0.134. The molecule has 20 heteroatoms. The van der Waals surface area contributed by atoms with Crippen LogP contribution >= 0.6 is 12.4 Å². The SMILES string of the molecule is Cl.N[C@@H]1C[C@@H](F)CN(c2ccn3ncc(C(=O)Nc4cn(C5CCC(C(=O)NC6CCN(c7ccc(C8CCC(=O)NC8=O)cn7)CC6)CC5)nc4C(F)F)c3n2)C1. The summed E-state index contributed by atoms with van der Waals surface area (Å²) < 4.78 is 45.5. The fourth-order valence-electron chi connectivity index (χ4n) is 8.47. The van der Waals surface area contributed by atoms with Gasteiger partial charge < -0.3 is 26.2 Å². The lowest BCUT2D eigenvalue weighted by Crippen LogP contribution is -2.48. The molecular formula is C38H46ClF3N12O4. The van der Waals surface area contributed by atoms with E-state index in [2.05, 4.69) is 41.0 Å². The molecule has 4 amide bonds. The van der Waals surface area contributed by atoms with Gasteiger partial charge in [-0.25, -0.2) is 27.7 Å². The highest BCUT2D eigenvalue weighted by atomic mass is 35.5. The minimum Gasteiger partial charge on any atom is -0.356 e. The fraction of sp³-hybridized carbons (Fsp3) is 0.526. The Bertz CT molecular complexity index is 2130. The third kappa shape index (κ3) is 8.74. The quantitative estimate of drug-likeness (QED) is 0.179. The average Bonchev–Trinajstić information content (AvgIpc) is 3.83. The van der Waals surface area contributed by atoms with Crippen molar-refractivity contribution in [2.24, 2.45) is 11.7 Å². The van der Waals surface area contributed by atoms with E-state index in [4.69, 9.17) is 5.73 Å². The molecule has 4 aromatic rings. The normalized spacial score (nSPS) is 24.4. The molecule has 58 heavy (non-hydrogen) atoms. The van der Waals surface area contributed by atoms with Crippen molar-refractivity contribution in [3.63, 3.8) is 0 Å². The van der Waals surface area contributed by atoms with E-state index >= 15 is 0 Å². The first-order valence-electron chi connectivity index (χ1n) is 19.5. The fourth-order valence-corrected chi connectivity index (χ4v) is 8.47. The van der Waals surface area contributed by atoms with Gasteiger partial charge in [0.05, 0.1) is 30.4 Å². The maximum atomic E-state index is 14.2. The number of piperidine rings is 3. The first-order chi connectivity index (χ1) is 27.5. The number of anilines is 3. The van der Waals surface area contributed by atoms with Gasteiger partial charge in [-0.3, -0.25) is 29.2 Å². The van der Waals surface area contributed by atoms with Crippen molar-refractivity contribution >= 4 is 59.0 Å². The summed E-state index contributed by atoms with van der Waals surface area (Å²) in [5, 5.41) is 16.5. The molecule has 3 aliphatic heterocycles. The zero-order valence-corrected chi connectivity index (χ0v) is 32.4. The lowest BCUT2D eigenvalue weighted by atomic mass is 9.85. The number of pyridine rings is 1. The molecule has 1 aliphatic carbocycles. The number of amides is 4. The van der Waals surface area contributed by atoms with Gasteiger partial charge in [0.1, 0.15) is 23.4 Å². The van der Waals surface area contributed by atoms with Gasteiger partial charge in [-0.15, -0.1) is 12.4 Å². The van der Waals surface area contributed by atoms with Crippen LogP contribution in [0.5, 0.6) is 0 Å². The van der Waals surface area contributed by atoms with E-state index in [9.17, 15) is 32.3 Å². The molecule has 3 atom stereocenters. The molecule has 1 unspecified atom stereocenters. The Morgan fingerprint density at radius 2 is 1.72 bits per heavy atom. The largest absolute Gasteiger partial charge is 0.356 e. The van der Waals surface area contributed by atoms with Crippen molar-refractivity contribution in [1.29, 1.82) is 0 Å². The molecule has 4 aromatic heterocycles. The second-order valence-corrected chi connectivity index (χ2v) is 15.5. The minimum absolute atomic E-state index is 0. The van der Waals surface area contributed by atoms with Gasteiger partial charge in [0, 0.05) is 62.6 Å². The van der Waals surface area contributed by atoms with Crippen molar-refractivity contribution < 1.29 is 32.3 Å². The summed E-state index contributed by atoms with van der Waals surface area (Å²) in [6.45, 7) is 1.92. The summed E-state index contributed by atoms with van der Waals surface area (Å²) in [6.07, 6.45) is 6.68. The van der Waals surface area contributed by atoms with Gasteiger partial charge in [0.2, 0.25) is 17.7 Å². The number of nitrogens with one attached hydrogen (secondary N) is 3. The molecule has 4 fully saturated rings. The number of carbonyl (C=O) groups is 4. The number of carbonyl (C=O) groups excluding carboxylic acids is 4. The number of imide groups is 1. The van der Waals surface area contributed by atoms with Crippen molar-refractivity contribution in [3.05, 3.63) is 59.8 Å². The van der Waals surface area contributed by atoms with Crippen LogP contribution in [-0.4, -0.2) is 97.4 Å². The molecule has 5 N–H and O–H groups in total. The molecule has 0 spiro atoms. The Morgan fingerprint density at radius 1 is 0.948 bits per heavy atom. The molecule has 0 aromatic carbocycles. The second kappa shape index (κ2) is 17.3. The Balaban J connectivity index is 0.00000512. The molecule has 0 bridgehead atoms. The van der Waals surface area contributed by atoms with Gasteiger partial charge in [-0.2, -0.15) is 10.2 Å². The molecule has 1 saturated carbocycles. The van der Waals surface area contributed by atoms with Crippen LogP contribution < -0.4 is 31.5 Å². The van der Waals surface area contributed by atoms with Crippen LogP contribution in [0.4, 0.5) is 30.5 Å². The second-order valence-electron chi connectivity index (χ2n) is 15.5. The van der Waals surface area contributed by atoms with Crippen LogP contribution in [0.1, 0.15) is 97.8 Å². The maximum Gasteiger partial charge on any atom is 0.284 e. The van der Waals surface area contributed by atoms with Crippen LogP contribution in [0, 0.1) is 5.92 Å². The number of nitrogens with zero attached hydrogens (tertiary/aromatic N) is 8. The summed E-state index contributed by atoms with van der Waals surface area (Å²) in [6, 6.07) is 4.85. The van der Waals surface area contributed by atoms with Crippen LogP contribution in [0.15, 0.2) is 43.0 Å². The summed E-state index contributed by atoms with van der Waals surface area (Å²) in [4.78, 5) is 63.5. The van der Waals surface area contributed by atoms with Crippen molar-refractivity contribution in [1.82, 2.24) is 40.0 Å². The molecule has 7 heterocycles. The minimum atomic E-state index is -2.95. The number of alkyl halides is 3. The number of aromatic nitrogens is 6. The van der Waals surface area contributed by atoms with E-state index in [-0.39, 0.29) is 90.0 Å². The number of rotatable bonds is 9. The monoisotopic (exact) mass is 826 g/mol. The lowest BCUT2D eigenvalue weighted by Gasteiger charge is -2.35. The van der Waals surface area contributed by atoms with E-state index < -0.39 is 24.2 Å². The van der Waals surface area contributed by atoms with Crippen molar-refractivity contribution in [2.75, 3.05) is 41.3 Å². The van der Waals surface area contributed by atoms with E-state index in [1.54, 1.807) is 23.4 Å². The van der Waals surface area contributed by atoms with Gasteiger partial charge in [-0.1, -0.05) is 6.07 Å². The van der Waals surface area contributed by atoms with E-state index in [1.165, 1.54) is 21.6 Å². The molecule has 16 nitrogen and oxygen atoms in total. The van der Waals surface area contributed by atoms with Gasteiger partial charge in [0.15, 0.2) is 11.3 Å². The standard InChI is InChI=1S/C38H45F3N12O4.ClH/c39-23-15-24(42)19-51(18-23)31-11-14-52-35(47-31)28(17-44-52)38(57)46-29-20-53(49-33(29)34(40)41)26-4-1-21(2-5-26)36(55)45-25-9-12-50(13-10-25)30-7-3-22(16-43-30)27-6-8-32(54)48-37(27)56;/h3,7,11,14,16-17,20-21,23-27,34H,1-2,4-6,8-10,12-13,15,18-19,42H2,(H,45,55)(H,46,57)(H,48,54,56);1H/t21?,23-,24-,26?,27?;/m1./s1. The number of nitrogens with two attached hydrogens (primary N) is 1. The van der Waals surface area contributed by atoms with Gasteiger partial charge in [-0.05, 0) is 69.1 Å². The number of hydrogen-bond acceptors (Lipinski definition) is 11. The summed E-state index contributed by atoms with van der Waals surface area (Å²) >= 11 is 0. The smallest absolute Gasteiger partial charge is 0.284 e. The predicted molar refractivity (Wildman–Crippen MR) is 209 cm³/mol. The summed E-state index contributed by atoms with van der Waals surface area (Å²) in [7, 11) is 0. The molecule has 0 radical (unpaired) electrons.